The fraction of sp³-hybridized carbons (Fsp3) is 0.500. The van der Waals surface area contributed by atoms with Gasteiger partial charge in [-0.25, -0.2) is 23.9 Å². The molecule has 150 valence electrons. The average Bonchev–Trinajstić information content (AvgIpc) is 3.65. The van der Waals surface area contributed by atoms with Crippen LogP contribution in [0.2, 0.25) is 0 Å². The van der Waals surface area contributed by atoms with Gasteiger partial charge in [0.25, 0.3) is 0 Å². The van der Waals surface area contributed by atoms with E-state index in [2.05, 4.69) is 25.6 Å². The first kappa shape index (κ1) is 17.1. The van der Waals surface area contributed by atoms with Crippen LogP contribution in [0.3, 0.4) is 0 Å². The molecule has 0 spiro atoms. The average molecular weight is 395 g/mol. The second-order valence-corrected chi connectivity index (χ2v) is 8.09. The zero-order chi connectivity index (χ0) is 19.4. The summed E-state index contributed by atoms with van der Waals surface area (Å²) in [7, 11) is 0. The summed E-state index contributed by atoms with van der Waals surface area (Å²) in [5.74, 6) is 1.74. The standard InChI is InChI=1S/C20H22FN7O/c21-13-8-22-9-15(13)26-20-23-6-5-14(25-20)16-10-24-18-7-17(29-12-3-4-12)19(11-1-2-11)27-28(16)18/h5-7,10-13,15,22H,1-4,8-9H2,(H,23,25,26). The maximum absolute atomic E-state index is 13.9. The molecule has 2 atom stereocenters. The summed E-state index contributed by atoms with van der Waals surface area (Å²) in [6, 6.07) is 3.48. The van der Waals surface area contributed by atoms with E-state index in [0.717, 1.165) is 48.5 Å². The summed E-state index contributed by atoms with van der Waals surface area (Å²) in [6.45, 7) is 0.907. The number of ether oxygens (including phenoxy) is 1. The Morgan fingerprint density at radius 3 is 2.83 bits per heavy atom. The maximum Gasteiger partial charge on any atom is 0.223 e. The molecular weight excluding hydrogens is 373 g/mol. The third kappa shape index (κ3) is 3.29. The van der Waals surface area contributed by atoms with Crippen molar-refractivity contribution in [2.24, 2.45) is 0 Å². The van der Waals surface area contributed by atoms with Crippen molar-refractivity contribution in [3.05, 3.63) is 30.2 Å². The number of alkyl halides is 1. The number of rotatable bonds is 6. The molecule has 4 heterocycles. The Kier molecular flexibility index (Phi) is 3.90. The van der Waals surface area contributed by atoms with Crippen LogP contribution in [0, 0.1) is 0 Å². The molecule has 1 aliphatic heterocycles. The van der Waals surface area contributed by atoms with Gasteiger partial charge in [-0.05, 0) is 31.7 Å². The SMILES string of the molecule is FC1CNCC1Nc1nccc(-c2cnc3cc(OC4CC4)c(C4CC4)nn23)n1. The molecule has 3 aliphatic rings. The van der Waals surface area contributed by atoms with Gasteiger partial charge in [0, 0.05) is 31.3 Å². The van der Waals surface area contributed by atoms with Crippen molar-refractivity contribution in [1.82, 2.24) is 29.9 Å². The van der Waals surface area contributed by atoms with E-state index < -0.39 is 6.17 Å². The molecule has 2 N–H and O–H groups in total. The Hall–Kier alpha value is -2.81. The molecule has 8 nitrogen and oxygen atoms in total. The lowest BCUT2D eigenvalue weighted by atomic mass is 10.2. The van der Waals surface area contributed by atoms with Gasteiger partial charge < -0.3 is 15.4 Å². The molecule has 3 aromatic heterocycles. The van der Waals surface area contributed by atoms with E-state index in [9.17, 15) is 4.39 Å². The van der Waals surface area contributed by atoms with Crippen molar-refractivity contribution in [1.29, 1.82) is 0 Å². The largest absolute Gasteiger partial charge is 0.488 e. The van der Waals surface area contributed by atoms with Gasteiger partial charge in [0.05, 0.1) is 24.0 Å². The van der Waals surface area contributed by atoms with Crippen molar-refractivity contribution in [3.8, 4) is 17.1 Å². The zero-order valence-electron chi connectivity index (χ0n) is 15.9. The van der Waals surface area contributed by atoms with Crippen LogP contribution >= 0.6 is 0 Å². The molecule has 6 rings (SSSR count). The predicted octanol–water partition coefficient (Wildman–Crippen LogP) is 2.33. The van der Waals surface area contributed by atoms with Crippen LogP contribution in [-0.4, -0.2) is 56.0 Å². The summed E-state index contributed by atoms with van der Waals surface area (Å²) < 4.78 is 21.8. The van der Waals surface area contributed by atoms with E-state index in [0.29, 0.717) is 36.8 Å². The molecule has 2 unspecified atom stereocenters. The summed E-state index contributed by atoms with van der Waals surface area (Å²) >= 11 is 0. The topological polar surface area (TPSA) is 89.3 Å². The number of imidazole rings is 1. The molecule has 2 aliphatic carbocycles. The van der Waals surface area contributed by atoms with Crippen LogP contribution in [0.5, 0.6) is 5.75 Å². The Morgan fingerprint density at radius 1 is 1.17 bits per heavy atom. The molecule has 0 amide bonds. The normalized spacial score (nSPS) is 24.2. The minimum Gasteiger partial charge on any atom is -0.488 e. The number of fused-ring (bicyclic) bond motifs is 1. The predicted molar refractivity (Wildman–Crippen MR) is 105 cm³/mol. The second kappa shape index (κ2) is 6.62. The van der Waals surface area contributed by atoms with Crippen molar-refractivity contribution < 1.29 is 9.13 Å². The van der Waals surface area contributed by atoms with Crippen LogP contribution in [0.15, 0.2) is 24.5 Å². The fourth-order valence-electron chi connectivity index (χ4n) is 3.71. The Balaban J connectivity index is 1.35. The van der Waals surface area contributed by atoms with Crippen LogP contribution in [0.1, 0.15) is 37.3 Å². The molecule has 1 saturated heterocycles. The van der Waals surface area contributed by atoms with Crippen LogP contribution in [0.25, 0.3) is 17.0 Å². The highest BCUT2D eigenvalue weighted by atomic mass is 19.1. The molecule has 29 heavy (non-hydrogen) atoms. The highest BCUT2D eigenvalue weighted by Crippen LogP contribution is 2.44. The molecule has 0 bridgehead atoms. The summed E-state index contributed by atoms with van der Waals surface area (Å²) in [5, 5.41) is 11.0. The van der Waals surface area contributed by atoms with Crippen molar-refractivity contribution in [2.45, 2.75) is 49.9 Å². The van der Waals surface area contributed by atoms with E-state index in [1.54, 1.807) is 12.4 Å². The number of hydrogen-bond acceptors (Lipinski definition) is 7. The number of nitrogens with zero attached hydrogens (tertiary/aromatic N) is 5. The van der Waals surface area contributed by atoms with E-state index >= 15 is 0 Å². The third-order valence-corrected chi connectivity index (χ3v) is 5.64. The fourth-order valence-corrected chi connectivity index (χ4v) is 3.71. The van der Waals surface area contributed by atoms with Gasteiger partial charge in [-0.15, -0.1) is 0 Å². The number of hydrogen-bond donors (Lipinski definition) is 2. The quantitative estimate of drug-likeness (QED) is 0.662. The Morgan fingerprint density at radius 2 is 2.07 bits per heavy atom. The van der Waals surface area contributed by atoms with Gasteiger partial charge in [-0.3, -0.25) is 0 Å². The summed E-state index contributed by atoms with van der Waals surface area (Å²) in [6.07, 6.45) is 7.32. The number of anilines is 1. The van der Waals surface area contributed by atoms with Crippen LogP contribution < -0.4 is 15.4 Å². The van der Waals surface area contributed by atoms with Gasteiger partial charge in [-0.1, -0.05) is 0 Å². The van der Waals surface area contributed by atoms with Gasteiger partial charge in [0.2, 0.25) is 5.95 Å². The minimum absolute atomic E-state index is 0.325. The molecule has 3 fully saturated rings. The molecule has 0 aromatic carbocycles. The van der Waals surface area contributed by atoms with Gasteiger partial charge in [0.1, 0.15) is 23.3 Å². The molecule has 2 saturated carbocycles. The Bertz CT molecular complexity index is 1060. The smallest absolute Gasteiger partial charge is 0.223 e. The minimum atomic E-state index is -0.953. The van der Waals surface area contributed by atoms with Crippen LogP contribution in [-0.2, 0) is 0 Å². The van der Waals surface area contributed by atoms with Gasteiger partial charge in [0.15, 0.2) is 5.65 Å². The lowest BCUT2D eigenvalue weighted by Gasteiger charge is -2.14. The highest BCUT2D eigenvalue weighted by molar-refractivity contribution is 5.61. The maximum atomic E-state index is 13.9. The van der Waals surface area contributed by atoms with E-state index in [1.807, 2.05) is 16.6 Å². The highest BCUT2D eigenvalue weighted by Gasteiger charge is 2.33. The summed E-state index contributed by atoms with van der Waals surface area (Å²) in [4.78, 5) is 13.4. The van der Waals surface area contributed by atoms with E-state index in [-0.39, 0.29) is 6.04 Å². The first-order valence-electron chi connectivity index (χ1n) is 10.2. The summed E-state index contributed by atoms with van der Waals surface area (Å²) in [5.41, 5.74) is 3.22. The second-order valence-electron chi connectivity index (χ2n) is 8.09. The first-order valence-corrected chi connectivity index (χ1v) is 10.2. The van der Waals surface area contributed by atoms with Gasteiger partial charge >= 0.3 is 0 Å². The Labute approximate surface area is 166 Å². The lowest BCUT2D eigenvalue weighted by Crippen LogP contribution is -2.30. The lowest BCUT2D eigenvalue weighted by molar-refractivity contribution is 0.297. The van der Waals surface area contributed by atoms with E-state index in [4.69, 9.17) is 9.84 Å². The number of aromatic nitrogens is 5. The third-order valence-electron chi connectivity index (χ3n) is 5.64. The van der Waals surface area contributed by atoms with Crippen molar-refractivity contribution in [2.75, 3.05) is 18.4 Å². The molecule has 0 radical (unpaired) electrons. The first-order chi connectivity index (χ1) is 14.2. The van der Waals surface area contributed by atoms with Gasteiger partial charge in [-0.2, -0.15) is 5.10 Å². The number of halogens is 1. The molecule has 3 aromatic rings. The molecule has 9 heteroatoms. The zero-order valence-corrected chi connectivity index (χ0v) is 15.9. The van der Waals surface area contributed by atoms with E-state index in [1.165, 1.54) is 0 Å². The monoisotopic (exact) mass is 395 g/mol. The number of nitrogens with one attached hydrogen (secondary N) is 2. The van der Waals surface area contributed by atoms with Crippen molar-refractivity contribution in [3.63, 3.8) is 0 Å². The van der Waals surface area contributed by atoms with Crippen molar-refractivity contribution >= 4 is 11.6 Å². The molecular formula is C20H22FN7O. The van der Waals surface area contributed by atoms with Crippen LogP contribution in [0.4, 0.5) is 10.3 Å².